The minimum atomic E-state index is -6.89. The third kappa shape index (κ3) is 7.00. The van der Waals surface area contributed by atoms with Crippen molar-refractivity contribution in [2.24, 2.45) is 0 Å². The Hall–Kier alpha value is -0.766. The van der Waals surface area contributed by atoms with E-state index >= 15 is 0 Å². The molecule has 1 heterocycles. The molecule has 0 bridgehead atoms. The molecule has 1 aromatic rings. The molecule has 0 spiro atoms. The second kappa shape index (κ2) is 10.5. The van der Waals surface area contributed by atoms with E-state index in [1.165, 1.54) is 4.98 Å². The zero-order valence-corrected chi connectivity index (χ0v) is 24.0. The van der Waals surface area contributed by atoms with E-state index in [2.05, 4.69) is 0 Å². The molecule has 0 radical (unpaired) electrons. The molecule has 1 rings (SSSR count). The summed E-state index contributed by atoms with van der Waals surface area (Å²) in [4.78, 5) is 1.42. The van der Waals surface area contributed by atoms with E-state index in [0.29, 0.717) is 0 Å². The molecule has 21 heteroatoms. The topological polar surface area (TPSA) is 34.2 Å². The number of aromatic amines is 1. The van der Waals surface area contributed by atoms with E-state index in [0.717, 1.165) is 39.3 Å². The van der Waals surface area contributed by atoms with Crippen molar-refractivity contribution in [2.45, 2.75) is 87.5 Å². The number of hydrogen-bond donors (Lipinski definition) is 1. The van der Waals surface area contributed by atoms with E-state index in [1.807, 2.05) is 0 Å². The van der Waals surface area contributed by atoms with Gasteiger partial charge in [-0.1, -0.05) is 23.2 Å². The molecule has 0 fully saturated rings. The number of H-pyrrole nitrogens is 1. The Morgan fingerprint density at radius 1 is 0.538 bits per heavy atom. The van der Waals surface area contributed by atoms with E-state index in [-0.39, 0.29) is 0 Å². The number of aromatic nitrogens is 1. The molecule has 0 aliphatic carbocycles. The monoisotopic (exact) mass is 675 g/mol. The Morgan fingerprint density at radius 2 is 0.769 bits per heavy atom. The summed E-state index contributed by atoms with van der Waals surface area (Å²) in [6, 6.07) is 0. The highest BCUT2D eigenvalue weighted by atomic mass is 35.5. The first-order valence-corrected chi connectivity index (χ1v) is 17.9. The van der Waals surface area contributed by atoms with Gasteiger partial charge in [-0.3, -0.25) is 0 Å². The van der Waals surface area contributed by atoms with Gasteiger partial charge in [0, 0.05) is 0 Å². The van der Waals surface area contributed by atoms with Crippen molar-refractivity contribution in [2.75, 3.05) is 0 Å². The van der Waals surface area contributed by atoms with Crippen LogP contribution in [0.4, 0.5) is 61.5 Å². The summed E-state index contributed by atoms with van der Waals surface area (Å²) >= 11 is 11.4. The van der Waals surface area contributed by atoms with Crippen LogP contribution in [0.5, 0.6) is 0 Å². The molecule has 3 nitrogen and oxygen atoms in total. The Morgan fingerprint density at radius 3 is 0.949 bits per heavy atom. The zero-order valence-electron chi connectivity index (χ0n) is 20.5. The highest BCUT2D eigenvalue weighted by molar-refractivity contribution is 6.70. The minimum absolute atomic E-state index is 1.04. The summed E-state index contributed by atoms with van der Waals surface area (Å²) in [7, 11) is -7.16. The average Bonchev–Trinajstić information content (AvgIpc) is 2.95. The Kier molecular flexibility index (Phi) is 9.76. The van der Waals surface area contributed by atoms with Crippen LogP contribution in [-0.4, -0.2) is 57.7 Å². The molecule has 2 unspecified atom stereocenters. The van der Waals surface area contributed by atoms with Gasteiger partial charge in [0.2, 0.25) is 0 Å². The summed E-state index contributed by atoms with van der Waals surface area (Å²) in [5.41, 5.74) is -3.44. The molecule has 0 saturated heterocycles. The standard InChI is InChI=1S/C18H21Cl2F14NO2Si2/c1-38(2,3)36-11(13(21,22)15(25,26)17(29,30)31)9-7(19)8(20)10(35-9)12(37-39(4,5)6)14(23,24)16(27,28)18(32,33)34/h11-12,35H,1-6H3. The first-order chi connectivity index (χ1) is 16.7. The molecule has 0 amide bonds. The molecule has 1 N–H and O–H groups in total. The highest BCUT2D eigenvalue weighted by Gasteiger charge is 2.78. The predicted octanol–water partition coefficient (Wildman–Crippen LogP) is 9.77. The van der Waals surface area contributed by atoms with Gasteiger partial charge in [-0.25, -0.2) is 0 Å². The van der Waals surface area contributed by atoms with Gasteiger partial charge in [0.05, 0.1) is 21.4 Å². The lowest BCUT2D eigenvalue weighted by Crippen LogP contribution is -2.57. The van der Waals surface area contributed by atoms with Crippen LogP contribution in [-0.2, 0) is 8.85 Å². The lowest BCUT2D eigenvalue weighted by atomic mass is 10.0. The Labute approximate surface area is 224 Å². The van der Waals surface area contributed by atoms with E-state index in [4.69, 9.17) is 32.1 Å². The number of halogens is 16. The van der Waals surface area contributed by atoms with E-state index in [9.17, 15) is 61.5 Å². The molecule has 0 aliphatic heterocycles. The Bertz CT molecular complexity index is 951. The summed E-state index contributed by atoms with van der Waals surface area (Å²) in [5.74, 6) is -26.2. The highest BCUT2D eigenvalue weighted by Crippen LogP contribution is 2.58. The maximum atomic E-state index is 14.8. The summed E-state index contributed by atoms with van der Waals surface area (Å²) in [6.45, 7) is 6.23. The second-order valence-electron chi connectivity index (χ2n) is 10.2. The largest absolute Gasteiger partial charge is 0.459 e. The molecule has 1 aromatic heterocycles. The Balaban J connectivity index is 4.07. The third-order valence-corrected chi connectivity index (χ3v) is 7.38. The maximum Gasteiger partial charge on any atom is 0.459 e. The van der Waals surface area contributed by atoms with Crippen LogP contribution in [0, 0.1) is 0 Å². The van der Waals surface area contributed by atoms with Gasteiger partial charge >= 0.3 is 36.0 Å². The van der Waals surface area contributed by atoms with Crippen molar-refractivity contribution < 1.29 is 70.3 Å². The van der Waals surface area contributed by atoms with Gasteiger partial charge in [-0.2, -0.15) is 61.5 Å². The lowest BCUT2D eigenvalue weighted by Gasteiger charge is -2.37. The summed E-state index contributed by atoms with van der Waals surface area (Å²) in [6.07, 6.45) is -21.2. The molecule has 0 saturated carbocycles. The van der Waals surface area contributed by atoms with Crippen molar-refractivity contribution in [3.05, 3.63) is 21.4 Å². The third-order valence-electron chi connectivity index (χ3n) is 4.61. The van der Waals surface area contributed by atoms with Crippen molar-refractivity contribution in [3.63, 3.8) is 0 Å². The minimum Gasteiger partial charge on any atom is -0.404 e. The first-order valence-electron chi connectivity index (χ1n) is 10.3. The molecule has 0 aliphatic rings. The SMILES string of the molecule is C[Si](C)(C)OC(c1[nH]c(C(O[Si](C)(C)C)C(F)(F)C(F)(F)C(F)(F)F)c(Cl)c1Cl)C(F)(F)C(F)(F)C(F)(F)F. The quantitative estimate of drug-likeness (QED) is 0.198. The van der Waals surface area contributed by atoms with Crippen LogP contribution in [0.15, 0.2) is 0 Å². The zero-order chi connectivity index (χ0) is 31.6. The molecule has 230 valence electrons. The predicted molar refractivity (Wildman–Crippen MR) is 117 cm³/mol. The van der Waals surface area contributed by atoms with Gasteiger partial charge in [0.1, 0.15) is 0 Å². The fraction of sp³-hybridized carbons (Fsp3) is 0.778. The van der Waals surface area contributed by atoms with Gasteiger partial charge in [0.25, 0.3) is 0 Å². The second-order valence-corrected chi connectivity index (χ2v) is 19.9. The van der Waals surface area contributed by atoms with E-state index < -0.39 is 86.3 Å². The van der Waals surface area contributed by atoms with Crippen LogP contribution in [0.25, 0.3) is 0 Å². The van der Waals surface area contributed by atoms with Crippen molar-refractivity contribution in [1.29, 1.82) is 0 Å². The van der Waals surface area contributed by atoms with Crippen LogP contribution < -0.4 is 0 Å². The van der Waals surface area contributed by atoms with E-state index in [1.54, 1.807) is 0 Å². The van der Waals surface area contributed by atoms with Crippen LogP contribution in [0.1, 0.15) is 23.6 Å². The van der Waals surface area contributed by atoms with Crippen LogP contribution >= 0.6 is 23.2 Å². The molecular formula is C18H21Cl2F14NO2Si2. The number of hydrogen-bond acceptors (Lipinski definition) is 2. The summed E-state index contributed by atoms with van der Waals surface area (Å²) < 4.78 is 202. The van der Waals surface area contributed by atoms with Gasteiger partial charge in [0.15, 0.2) is 28.8 Å². The average molecular weight is 676 g/mol. The van der Waals surface area contributed by atoms with Crippen LogP contribution in [0.2, 0.25) is 49.3 Å². The van der Waals surface area contributed by atoms with Crippen molar-refractivity contribution in [3.8, 4) is 0 Å². The maximum absolute atomic E-state index is 14.8. The van der Waals surface area contributed by atoms with Gasteiger partial charge in [-0.05, 0) is 39.3 Å². The number of alkyl halides is 14. The van der Waals surface area contributed by atoms with Crippen LogP contribution in [0.3, 0.4) is 0 Å². The number of nitrogens with one attached hydrogen (secondary N) is 1. The summed E-state index contributed by atoms with van der Waals surface area (Å²) in [5, 5.41) is -2.97. The smallest absolute Gasteiger partial charge is 0.404 e. The van der Waals surface area contributed by atoms with Crippen molar-refractivity contribution >= 4 is 39.8 Å². The molecule has 0 aromatic carbocycles. The van der Waals surface area contributed by atoms with Gasteiger partial charge in [-0.15, -0.1) is 0 Å². The van der Waals surface area contributed by atoms with Crippen molar-refractivity contribution in [1.82, 2.24) is 4.98 Å². The fourth-order valence-corrected chi connectivity index (χ4v) is 5.34. The lowest BCUT2D eigenvalue weighted by molar-refractivity contribution is -0.371. The number of rotatable bonds is 10. The normalized spacial score (nSPS) is 17.0. The molecular weight excluding hydrogens is 655 g/mol. The fourth-order valence-electron chi connectivity index (χ4n) is 2.90. The molecule has 39 heavy (non-hydrogen) atoms. The van der Waals surface area contributed by atoms with Gasteiger partial charge < -0.3 is 13.8 Å². The first kappa shape index (κ1) is 36.3. The molecule has 2 atom stereocenters.